The molecule has 0 aliphatic heterocycles. The number of nitrogens with one attached hydrogen (secondary N) is 1. The molecule has 0 atom stereocenters. The maximum Gasteiger partial charge on any atom is 0.195 e. The third-order valence-corrected chi connectivity index (χ3v) is 3.48. The predicted molar refractivity (Wildman–Crippen MR) is 85.0 cm³/mol. The van der Waals surface area contributed by atoms with Crippen LogP contribution in [0.4, 0.5) is 0 Å². The number of aromatic nitrogens is 5. The molecule has 0 aliphatic carbocycles. The molecule has 1 N–H and O–H groups in total. The fraction of sp³-hybridized carbons (Fsp3) is 0.267. The first-order valence-electron chi connectivity index (χ1n) is 6.75. The fourth-order valence-corrected chi connectivity index (χ4v) is 2.68. The minimum atomic E-state index is -0.145. The third kappa shape index (κ3) is 2.54. The molecule has 2 aromatic heterocycles. The molecular weight excluding hydrogens is 282 g/mol. The van der Waals surface area contributed by atoms with Gasteiger partial charge in [-0.1, -0.05) is 18.2 Å². The van der Waals surface area contributed by atoms with Crippen LogP contribution in [0.1, 0.15) is 20.8 Å². The summed E-state index contributed by atoms with van der Waals surface area (Å²) in [4.78, 5) is 0. The number of aromatic amines is 1. The highest BCUT2D eigenvalue weighted by Crippen LogP contribution is 2.24. The zero-order valence-corrected chi connectivity index (χ0v) is 13.1. The van der Waals surface area contributed by atoms with Crippen LogP contribution in [0, 0.1) is 4.77 Å². The zero-order valence-electron chi connectivity index (χ0n) is 12.2. The van der Waals surface area contributed by atoms with E-state index >= 15 is 0 Å². The second-order valence-corrected chi connectivity index (χ2v) is 6.25. The molecule has 5 nitrogen and oxygen atoms in total. The van der Waals surface area contributed by atoms with Crippen LogP contribution >= 0.6 is 12.2 Å². The molecule has 0 unspecified atom stereocenters. The molecular formula is C15H17N5S. The van der Waals surface area contributed by atoms with E-state index in [1.807, 2.05) is 45.8 Å². The molecule has 0 amide bonds. The number of hydrogen-bond acceptors (Lipinski definition) is 3. The lowest BCUT2D eigenvalue weighted by molar-refractivity contribution is 0.395. The Morgan fingerprint density at radius 3 is 2.52 bits per heavy atom. The van der Waals surface area contributed by atoms with Crippen molar-refractivity contribution in [1.29, 1.82) is 0 Å². The van der Waals surface area contributed by atoms with E-state index in [1.165, 1.54) is 0 Å². The number of para-hydroxylation sites is 1. The number of benzene rings is 1. The number of H-pyrrole nitrogens is 1. The van der Waals surface area contributed by atoms with Gasteiger partial charge in [0.15, 0.2) is 10.6 Å². The first-order valence-corrected chi connectivity index (χ1v) is 7.16. The van der Waals surface area contributed by atoms with Gasteiger partial charge in [-0.05, 0) is 45.1 Å². The lowest BCUT2D eigenvalue weighted by Crippen LogP contribution is -2.22. The van der Waals surface area contributed by atoms with Gasteiger partial charge >= 0.3 is 0 Å². The molecule has 0 saturated carbocycles. The van der Waals surface area contributed by atoms with Crippen LogP contribution in [0.3, 0.4) is 0 Å². The predicted octanol–water partition coefficient (Wildman–Crippen LogP) is 3.55. The van der Waals surface area contributed by atoms with Gasteiger partial charge in [-0.3, -0.25) is 9.67 Å². The Morgan fingerprint density at radius 1 is 1.14 bits per heavy atom. The van der Waals surface area contributed by atoms with E-state index in [0.717, 1.165) is 17.1 Å². The summed E-state index contributed by atoms with van der Waals surface area (Å²) < 4.78 is 4.46. The number of rotatable bonds is 2. The van der Waals surface area contributed by atoms with Gasteiger partial charge in [0.2, 0.25) is 0 Å². The lowest BCUT2D eigenvalue weighted by Gasteiger charge is -2.21. The average molecular weight is 299 g/mol. The van der Waals surface area contributed by atoms with Gasteiger partial charge in [-0.2, -0.15) is 10.2 Å². The van der Waals surface area contributed by atoms with E-state index in [-0.39, 0.29) is 5.54 Å². The van der Waals surface area contributed by atoms with E-state index in [0.29, 0.717) is 4.77 Å². The molecule has 21 heavy (non-hydrogen) atoms. The van der Waals surface area contributed by atoms with Gasteiger partial charge in [-0.25, -0.2) is 4.68 Å². The molecule has 0 spiro atoms. The Bertz CT molecular complexity index is 804. The molecule has 0 aliphatic rings. The van der Waals surface area contributed by atoms with Crippen LogP contribution in [0.25, 0.3) is 17.1 Å². The number of nitrogens with zero attached hydrogens (tertiary/aromatic N) is 4. The van der Waals surface area contributed by atoms with Crippen molar-refractivity contribution in [2.45, 2.75) is 26.3 Å². The maximum absolute atomic E-state index is 5.34. The Labute approximate surface area is 128 Å². The standard InChI is InChI=1S/C15H17N5S/c1-15(2,3)20-13(17-18-14(20)21)11-9-16-19(10-11)12-7-5-4-6-8-12/h4-10H,1-3H3,(H,18,21). The van der Waals surface area contributed by atoms with Gasteiger partial charge < -0.3 is 0 Å². The SMILES string of the molecule is CC(C)(C)n1c(-c2cnn(-c3ccccc3)c2)n[nH]c1=S. The fourth-order valence-electron chi connectivity index (χ4n) is 2.27. The van der Waals surface area contributed by atoms with Crippen molar-refractivity contribution < 1.29 is 0 Å². The minimum absolute atomic E-state index is 0.145. The van der Waals surface area contributed by atoms with Crippen LogP contribution in [-0.2, 0) is 5.54 Å². The highest BCUT2D eigenvalue weighted by atomic mass is 32.1. The van der Waals surface area contributed by atoms with E-state index < -0.39 is 0 Å². The summed E-state index contributed by atoms with van der Waals surface area (Å²) in [6.07, 6.45) is 3.77. The molecule has 2 heterocycles. The van der Waals surface area contributed by atoms with Crippen molar-refractivity contribution >= 4 is 12.2 Å². The van der Waals surface area contributed by atoms with Crippen LogP contribution in [0.2, 0.25) is 0 Å². The Morgan fingerprint density at radius 2 is 1.86 bits per heavy atom. The van der Waals surface area contributed by atoms with Crippen LogP contribution in [-0.4, -0.2) is 24.5 Å². The van der Waals surface area contributed by atoms with Crippen molar-refractivity contribution in [2.24, 2.45) is 0 Å². The van der Waals surface area contributed by atoms with Crippen LogP contribution in [0.5, 0.6) is 0 Å². The Balaban J connectivity index is 2.08. The minimum Gasteiger partial charge on any atom is -0.295 e. The van der Waals surface area contributed by atoms with Gasteiger partial charge in [0.25, 0.3) is 0 Å². The van der Waals surface area contributed by atoms with Crippen LogP contribution < -0.4 is 0 Å². The smallest absolute Gasteiger partial charge is 0.195 e. The highest BCUT2D eigenvalue weighted by Gasteiger charge is 2.21. The Kier molecular flexibility index (Phi) is 3.25. The molecule has 0 bridgehead atoms. The summed E-state index contributed by atoms with van der Waals surface area (Å²) in [6.45, 7) is 6.30. The summed E-state index contributed by atoms with van der Waals surface area (Å²) in [5.74, 6) is 0.801. The van der Waals surface area contributed by atoms with Crippen LogP contribution in [0.15, 0.2) is 42.7 Å². The molecule has 0 saturated heterocycles. The van der Waals surface area contributed by atoms with Crippen molar-refractivity contribution in [3.05, 3.63) is 47.5 Å². The zero-order chi connectivity index (χ0) is 15.0. The van der Waals surface area contributed by atoms with E-state index in [9.17, 15) is 0 Å². The van der Waals surface area contributed by atoms with Gasteiger partial charge in [-0.15, -0.1) is 0 Å². The normalized spacial score (nSPS) is 11.8. The molecule has 3 rings (SSSR count). The molecule has 1 aromatic carbocycles. The van der Waals surface area contributed by atoms with Crippen molar-refractivity contribution in [3.8, 4) is 17.1 Å². The summed E-state index contributed by atoms with van der Waals surface area (Å²) in [5.41, 5.74) is 1.80. The summed E-state index contributed by atoms with van der Waals surface area (Å²) in [7, 11) is 0. The van der Waals surface area contributed by atoms with E-state index in [1.54, 1.807) is 6.20 Å². The Hall–Kier alpha value is -2.21. The second kappa shape index (κ2) is 4.96. The summed E-state index contributed by atoms with van der Waals surface area (Å²) in [6, 6.07) is 9.98. The van der Waals surface area contributed by atoms with Crippen molar-refractivity contribution in [1.82, 2.24) is 24.5 Å². The van der Waals surface area contributed by atoms with Gasteiger partial charge in [0, 0.05) is 11.7 Å². The summed E-state index contributed by atoms with van der Waals surface area (Å²) >= 11 is 5.34. The second-order valence-electron chi connectivity index (χ2n) is 5.87. The molecule has 0 radical (unpaired) electrons. The van der Waals surface area contributed by atoms with Gasteiger partial charge in [0.05, 0.1) is 17.4 Å². The molecule has 3 aromatic rings. The third-order valence-electron chi connectivity index (χ3n) is 3.20. The summed E-state index contributed by atoms with van der Waals surface area (Å²) in [5, 5.41) is 11.6. The number of hydrogen-bond donors (Lipinski definition) is 1. The monoisotopic (exact) mass is 299 g/mol. The molecule has 6 heteroatoms. The average Bonchev–Trinajstić information content (AvgIpc) is 3.05. The van der Waals surface area contributed by atoms with Crippen molar-refractivity contribution in [2.75, 3.05) is 0 Å². The molecule has 108 valence electrons. The quantitative estimate of drug-likeness (QED) is 0.736. The first-order chi connectivity index (χ1) is 9.97. The topological polar surface area (TPSA) is 51.4 Å². The van der Waals surface area contributed by atoms with Gasteiger partial charge in [0.1, 0.15) is 0 Å². The highest BCUT2D eigenvalue weighted by molar-refractivity contribution is 7.71. The van der Waals surface area contributed by atoms with E-state index in [2.05, 4.69) is 36.1 Å². The maximum atomic E-state index is 5.34. The van der Waals surface area contributed by atoms with Crippen molar-refractivity contribution in [3.63, 3.8) is 0 Å². The largest absolute Gasteiger partial charge is 0.295 e. The lowest BCUT2D eigenvalue weighted by atomic mass is 10.1. The molecule has 0 fully saturated rings. The first kappa shape index (κ1) is 13.8. The van der Waals surface area contributed by atoms with E-state index in [4.69, 9.17) is 12.2 Å².